The molecule has 2 N–H and O–H groups in total. The summed E-state index contributed by atoms with van der Waals surface area (Å²) < 4.78 is 20.6. The fourth-order valence-corrected chi connectivity index (χ4v) is 2.79. The number of nitrogens with zero attached hydrogens (tertiary/aromatic N) is 4. The van der Waals surface area contributed by atoms with Crippen molar-refractivity contribution in [3.8, 4) is 0 Å². The van der Waals surface area contributed by atoms with Crippen LogP contribution in [0.15, 0.2) is 57.9 Å². The first-order valence-corrected chi connectivity index (χ1v) is 8.78. The Balaban J connectivity index is 1.59. The van der Waals surface area contributed by atoms with Gasteiger partial charge in [0.25, 0.3) is 0 Å². The van der Waals surface area contributed by atoms with Crippen LogP contribution in [-0.4, -0.2) is 25.1 Å². The van der Waals surface area contributed by atoms with Crippen molar-refractivity contribution in [1.29, 1.82) is 0 Å². The maximum atomic E-state index is 13.1. The van der Waals surface area contributed by atoms with Crippen molar-refractivity contribution in [1.82, 2.24) is 24.5 Å². The molecule has 4 aromatic rings. The third-order valence-corrected chi connectivity index (χ3v) is 4.13. The Labute approximate surface area is 163 Å². The van der Waals surface area contributed by atoms with E-state index in [0.29, 0.717) is 22.8 Å². The number of rotatable bonds is 6. The molecule has 0 aliphatic rings. The quantitative estimate of drug-likeness (QED) is 0.516. The number of anilines is 2. The smallest absolute Gasteiger partial charge is 0.353 e. The average Bonchev–Trinajstić information content (AvgIpc) is 3.30. The molecule has 1 amide bonds. The van der Waals surface area contributed by atoms with Gasteiger partial charge in [0.1, 0.15) is 18.1 Å². The van der Waals surface area contributed by atoms with E-state index in [2.05, 4.69) is 20.7 Å². The topological polar surface area (TPSA) is 106 Å². The van der Waals surface area contributed by atoms with Crippen LogP contribution in [0.3, 0.4) is 0 Å². The number of nitrogens with one attached hydrogen (secondary N) is 2. The molecule has 29 heavy (non-hydrogen) atoms. The second-order valence-corrected chi connectivity index (χ2v) is 6.34. The van der Waals surface area contributed by atoms with Crippen molar-refractivity contribution < 1.29 is 13.6 Å². The number of carbonyl (C=O) groups is 1. The number of furan rings is 1. The molecule has 4 rings (SSSR count). The van der Waals surface area contributed by atoms with Crippen LogP contribution in [0.5, 0.6) is 0 Å². The first-order valence-electron chi connectivity index (χ1n) is 8.78. The number of carbonyl (C=O) groups excluding carboxylic acids is 1. The van der Waals surface area contributed by atoms with Gasteiger partial charge in [-0.2, -0.15) is 0 Å². The Morgan fingerprint density at radius 3 is 2.76 bits per heavy atom. The van der Waals surface area contributed by atoms with Crippen LogP contribution in [0.1, 0.15) is 11.5 Å². The molecule has 0 aliphatic heterocycles. The molecule has 1 aromatic carbocycles. The van der Waals surface area contributed by atoms with E-state index in [9.17, 15) is 14.0 Å². The predicted molar refractivity (Wildman–Crippen MR) is 102 cm³/mol. The first kappa shape index (κ1) is 18.4. The summed E-state index contributed by atoms with van der Waals surface area (Å²) in [5.74, 6) is 0.0678. The summed E-state index contributed by atoms with van der Waals surface area (Å²) in [6.45, 7) is 1.72. The van der Waals surface area contributed by atoms with Gasteiger partial charge in [0.15, 0.2) is 5.65 Å². The van der Waals surface area contributed by atoms with E-state index in [1.165, 1.54) is 34.9 Å². The number of aromatic nitrogens is 4. The lowest BCUT2D eigenvalue weighted by molar-refractivity contribution is -0.122. The van der Waals surface area contributed by atoms with E-state index in [4.69, 9.17) is 4.42 Å². The predicted octanol–water partition coefficient (Wildman–Crippen LogP) is 1.99. The highest BCUT2D eigenvalue weighted by Gasteiger charge is 2.15. The minimum atomic E-state index is -0.523. The Kier molecular flexibility index (Phi) is 4.82. The second kappa shape index (κ2) is 7.58. The van der Waals surface area contributed by atoms with Gasteiger partial charge in [-0.05, 0) is 43.3 Å². The Hall–Kier alpha value is -3.95. The molecule has 0 unspecified atom stereocenters. The van der Waals surface area contributed by atoms with Crippen LogP contribution in [0.2, 0.25) is 0 Å². The summed E-state index contributed by atoms with van der Waals surface area (Å²) in [4.78, 5) is 29.3. The van der Waals surface area contributed by atoms with Gasteiger partial charge < -0.3 is 15.1 Å². The molecule has 0 saturated heterocycles. The largest absolute Gasteiger partial charge is 0.467 e. The minimum Gasteiger partial charge on any atom is -0.467 e. The number of aryl methyl sites for hydroxylation is 1. The molecule has 0 fully saturated rings. The van der Waals surface area contributed by atoms with Gasteiger partial charge in [0, 0.05) is 17.4 Å². The monoisotopic (exact) mass is 396 g/mol. The van der Waals surface area contributed by atoms with E-state index in [1.54, 1.807) is 25.1 Å². The zero-order valence-electron chi connectivity index (χ0n) is 15.4. The molecule has 148 valence electrons. The number of benzene rings is 1. The highest BCUT2D eigenvalue weighted by Crippen LogP contribution is 2.16. The van der Waals surface area contributed by atoms with Crippen LogP contribution in [0, 0.1) is 12.7 Å². The zero-order chi connectivity index (χ0) is 20.4. The van der Waals surface area contributed by atoms with Crippen molar-refractivity contribution in [2.24, 2.45) is 0 Å². The van der Waals surface area contributed by atoms with Gasteiger partial charge in [-0.15, -0.1) is 5.10 Å². The lowest BCUT2D eigenvalue weighted by Crippen LogP contribution is -2.32. The molecule has 0 aliphatic carbocycles. The maximum absolute atomic E-state index is 13.1. The van der Waals surface area contributed by atoms with E-state index in [0.717, 1.165) is 4.68 Å². The fraction of sp³-hybridized carbons (Fsp3) is 0.158. The van der Waals surface area contributed by atoms with Crippen LogP contribution >= 0.6 is 0 Å². The third-order valence-electron chi connectivity index (χ3n) is 4.13. The average molecular weight is 396 g/mol. The molecule has 3 heterocycles. The molecule has 3 aromatic heterocycles. The van der Waals surface area contributed by atoms with E-state index >= 15 is 0 Å². The van der Waals surface area contributed by atoms with Crippen molar-refractivity contribution in [3.63, 3.8) is 0 Å². The van der Waals surface area contributed by atoms with Crippen LogP contribution in [0.4, 0.5) is 16.0 Å². The molecule has 9 nitrogen and oxygen atoms in total. The zero-order valence-corrected chi connectivity index (χ0v) is 15.4. The van der Waals surface area contributed by atoms with Crippen LogP contribution < -0.4 is 16.3 Å². The number of hydrogen-bond donors (Lipinski definition) is 2. The molecule has 0 radical (unpaired) electrons. The molecule has 0 spiro atoms. The van der Waals surface area contributed by atoms with Gasteiger partial charge in [0.05, 0.1) is 12.8 Å². The highest BCUT2D eigenvalue weighted by molar-refractivity contribution is 5.75. The van der Waals surface area contributed by atoms with Crippen LogP contribution in [0.25, 0.3) is 5.65 Å². The number of fused-ring (bicyclic) bond motifs is 1. The maximum Gasteiger partial charge on any atom is 0.353 e. The Morgan fingerprint density at radius 2 is 2.03 bits per heavy atom. The SMILES string of the molecule is Cc1cc2nn(CC(=O)NCc3ccco3)c(=O)n2c(Nc2ccc(F)cc2)n1. The second-order valence-electron chi connectivity index (χ2n) is 6.34. The van der Waals surface area contributed by atoms with Gasteiger partial charge >= 0.3 is 5.69 Å². The minimum absolute atomic E-state index is 0.214. The van der Waals surface area contributed by atoms with Crippen molar-refractivity contribution in [2.75, 3.05) is 5.32 Å². The lowest BCUT2D eigenvalue weighted by Gasteiger charge is -2.07. The van der Waals surface area contributed by atoms with E-state index in [1.807, 2.05) is 0 Å². The third kappa shape index (κ3) is 4.00. The Morgan fingerprint density at radius 1 is 1.24 bits per heavy atom. The van der Waals surface area contributed by atoms with Gasteiger partial charge in [-0.25, -0.2) is 23.3 Å². The van der Waals surface area contributed by atoms with Gasteiger partial charge in [-0.3, -0.25) is 4.79 Å². The normalized spacial score (nSPS) is 11.0. The molecular weight excluding hydrogens is 379 g/mol. The first-order chi connectivity index (χ1) is 14.0. The van der Waals surface area contributed by atoms with Crippen molar-refractivity contribution in [2.45, 2.75) is 20.0 Å². The molecule has 0 saturated carbocycles. The number of hydrogen-bond acceptors (Lipinski definition) is 6. The lowest BCUT2D eigenvalue weighted by atomic mass is 10.3. The summed E-state index contributed by atoms with van der Waals surface area (Å²) in [5.41, 5.74) is 0.999. The highest BCUT2D eigenvalue weighted by atomic mass is 19.1. The van der Waals surface area contributed by atoms with Gasteiger partial charge in [0.2, 0.25) is 11.9 Å². The van der Waals surface area contributed by atoms with E-state index < -0.39 is 5.69 Å². The van der Waals surface area contributed by atoms with E-state index in [-0.39, 0.29) is 30.8 Å². The fourth-order valence-electron chi connectivity index (χ4n) is 2.79. The molecule has 0 atom stereocenters. The number of halogens is 1. The Bertz CT molecular complexity index is 1210. The summed E-state index contributed by atoms with van der Waals surface area (Å²) in [5, 5.41) is 9.87. The standard InChI is InChI=1S/C19H17FN6O3/c1-12-9-16-24-25(11-17(27)21-10-15-3-2-8-29-15)19(28)26(16)18(22-12)23-14-6-4-13(20)5-7-14/h2-9H,10-11H2,1H3,(H,21,27)(H,22,23). The summed E-state index contributed by atoms with van der Waals surface area (Å²) in [6, 6.07) is 10.7. The van der Waals surface area contributed by atoms with Crippen molar-refractivity contribution >= 4 is 23.2 Å². The molecule has 0 bridgehead atoms. The molecule has 10 heteroatoms. The van der Waals surface area contributed by atoms with Crippen molar-refractivity contribution in [3.05, 3.63) is 76.5 Å². The summed E-state index contributed by atoms with van der Waals surface area (Å²) >= 11 is 0. The molecular formula is C19H17FN6O3. The van der Waals surface area contributed by atoms with Crippen LogP contribution in [-0.2, 0) is 17.9 Å². The summed E-state index contributed by atoms with van der Waals surface area (Å²) in [6.07, 6.45) is 1.51. The summed E-state index contributed by atoms with van der Waals surface area (Å²) in [7, 11) is 0. The number of amides is 1. The van der Waals surface area contributed by atoms with Gasteiger partial charge in [-0.1, -0.05) is 0 Å².